The van der Waals surface area contributed by atoms with Gasteiger partial charge in [0.2, 0.25) is 5.91 Å². The first-order chi connectivity index (χ1) is 15.4. The highest BCUT2D eigenvalue weighted by Crippen LogP contribution is 2.35. The largest absolute Gasteiger partial charge is 0.341 e. The fraction of sp³-hybridized carbons (Fsp3) is 0.269. The monoisotopic (exact) mass is 470 g/mol. The predicted molar refractivity (Wildman–Crippen MR) is 128 cm³/mol. The van der Waals surface area contributed by atoms with Crippen molar-refractivity contribution in [2.75, 3.05) is 20.1 Å². The summed E-state index contributed by atoms with van der Waals surface area (Å²) in [6, 6.07) is 22.1. The molecule has 166 valence electrons. The third-order valence-corrected chi connectivity index (χ3v) is 6.88. The molecule has 1 amide bonds. The SMILES string of the molecule is CN(C(=O)Cc1ccc(F)cc1)C1CN(Cc2ccccc2)CC1c1ccc(Cl)c(Cl)c1. The van der Waals surface area contributed by atoms with Crippen LogP contribution in [0.4, 0.5) is 4.39 Å². The Bertz CT molecular complexity index is 1070. The van der Waals surface area contributed by atoms with Crippen molar-refractivity contribution in [3.8, 4) is 0 Å². The Kier molecular flexibility index (Phi) is 7.14. The predicted octanol–water partition coefficient (Wildman–Crippen LogP) is 5.80. The van der Waals surface area contributed by atoms with Gasteiger partial charge in [-0.05, 0) is 41.0 Å². The Morgan fingerprint density at radius 3 is 2.38 bits per heavy atom. The summed E-state index contributed by atoms with van der Waals surface area (Å²) in [7, 11) is 1.85. The van der Waals surface area contributed by atoms with Crippen LogP contribution >= 0.6 is 23.2 Å². The summed E-state index contributed by atoms with van der Waals surface area (Å²) in [5.41, 5.74) is 3.11. The number of benzene rings is 3. The van der Waals surface area contributed by atoms with Crippen LogP contribution in [0.3, 0.4) is 0 Å². The molecule has 32 heavy (non-hydrogen) atoms. The molecule has 0 aromatic heterocycles. The van der Waals surface area contributed by atoms with Gasteiger partial charge in [-0.15, -0.1) is 0 Å². The quantitative estimate of drug-likeness (QED) is 0.454. The van der Waals surface area contributed by atoms with Crippen LogP contribution in [0.15, 0.2) is 72.8 Å². The van der Waals surface area contributed by atoms with E-state index in [1.54, 1.807) is 12.1 Å². The second-order valence-electron chi connectivity index (χ2n) is 8.33. The smallest absolute Gasteiger partial charge is 0.227 e. The minimum Gasteiger partial charge on any atom is -0.341 e. The minimum atomic E-state index is -0.304. The minimum absolute atomic E-state index is 0.00762. The first-order valence-electron chi connectivity index (χ1n) is 10.6. The highest BCUT2D eigenvalue weighted by atomic mass is 35.5. The number of likely N-dealkylation sites (N-methyl/N-ethyl adjacent to an activating group) is 1. The summed E-state index contributed by atoms with van der Waals surface area (Å²) >= 11 is 12.5. The Balaban J connectivity index is 1.55. The molecule has 0 radical (unpaired) electrons. The molecule has 3 aromatic rings. The molecule has 2 atom stereocenters. The van der Waals surface area contributed by atoms with Crippen molar-refractivity contribution in [3.05, 3.63) is 105 Å². The van der Waals surface area contributed by atoms with E-state index >= 15 is 0 Å². The van der Waals surface area contributed by atoms with Crippen LogP contribution < -0.4 is 0 Å². The van der Waals surface area contributed by atoms with E-state index in [-0.39, 0.29) is 30.1 Å². The third-order valence-electron chi connectivity index (χ3n) is 6.14. The molecule has 0 N–H and O–H groups in total. The van der Waals surface area contributed by atoms with E-state index in [0.717, 1.165) is 30.8 Å². The lowest BCUT2D eigenvalue weighted by molar-refractivity contribution is -0.131. The van der Waals surface area contributed by atoms with Crippen molar-refractivity contribution < 1.29 is 9.18 Å². The van der Waals surface area contributed by atoms with Gasteiger partial charge in [0.15, 0.2) is 0 Å². The summed E-state index contributed by atoms with van der Waals surface area (Å²) in [4.78, 5) is 17.3. The Morgan fingerprint density at radius 2 is 1.69 bits per heavy atom. The lowest BCUT2D eigenvalue weighted by Gasteiger charge is -2.29. The molecule has 0 spiro atoms. The number of likely N-dealkylation sites (tertiary alicyclic amines) is 1. The number of hydrogen-bond donors (Lipinski definition) is 0. The van der Waals surface area contributed by atoms with Gasteiger partial charge in [0, 0.05) is 32.6 Å². The van der Waals surface area contributed by atoms with Crippen molar-refractivity contribution in [2.45, 2.75) is 24.9 Å². The number of amides is 1. The maximum Gasteiger partial charge on any atom is 0.227 e. The van der Waals surface area contributed by atoms with E-state index in [4.69, 9.17) is 23.2 Å². The van der Waals surface area contributed by atoms with Gasteiger partial charge in [0.05, 0.1) is 22.5 Å². The molecule has 1 fully saturated rings. The molecular weight excluding hydrogens is 446 g/mol. The topological polar surface area (TPSA) is 23.6 Å². The van der Waals surface area contributed by atoms with Gasteiger partial charge in [-0.1, -0.05) is 71.7 Å². The Hall–Kier alpha value is -2.40. The fourth-order valence-electron chi connectivity index (χ4n) is 4.39. The summed E-state index contributed by atoms with van der Waals surface area (Å²) in [5, 5.41) is 1.04. The van der Waals surface area contributed by atoms with E-state index in [1.165, 1.54) is 17.7 Å². The van der Waals surface area contributed by atoms with E-state index in [9.17, 15) is 9.18 Å². The van der Waals surface area contributed by atoms with Gasteiger partial charge in [-0.3, -0.25) is 9.69 Å². The fourth-order valence-corrected chi connectivity index (χ4v) is 4.69. The Labute approximate surface area is 198 Å². The summed E-state index contributed by atoms with van der Waals surface area (Å²) < 4.78 is 13.2. The average molecular weight is 471 g/mol. The molecule has 1 saturated heterocycles. The molecule has 1 aliphatic heterocycles. The molecule has 3 nitrogen and oxygen atoms in total. The van der Waals surface area contributed by atoms with Crippen LogP contribution in [0.2, 0.25) is 10.0 Å². The van der Waals surface area contributed by atoms with Crippen molar-refractivity contribution in [3.63, 3.8) is 0 Å². The number of carbonyl (C=O) groups excluding carboxylic acids is 1. The van der Waals surface area contributed by atoms with Crippen molar-refractivity contribution in [1.29, 1.82) is 0 Å². The van der Waals surface area contributed by atoms with Crippen LogP contribution in [0.5, 0.6) is 0 Å². The molecule has 6 heteroatoms. The lowest BCUT2D eigenvalue weighted by atomic mass is 9.93. The number of rotatable bonds is 6. The number of halogens is 3. The standard InChI is InChI=1S/C26H25Cl2FN2O/c1-30(26(32)13-18-7-10-21(29)11-8-18)25-17-31(15-19-5-3-2-4-6-19)16-22(25)20-9-12-23(27)24(28)14-20/h2-12,14,22,25H,13,15-17H2,1H3. The number of carbonyl (C=O) groups is 1. The molecule has 3 aromatic carbocycles. The maximum absolute atomic E-state index is 13.2. The third kappa shape index (κ3) is 5.32. The van der Waals surface area contributed by atoms with E-state index in [0.29, 0.717) is 10.0 Å². The van der Waals surface area contributed by atoms with Crippen molar-refractivity contribution in [1.82, 2.24) is 9.80 Å². The van der Waals surface area contributed by atoms with Gasteiger partial charge >= 0.3 is 0 Å². The van der Waals surface area contributed by atoms with Crippen LogP contribution in [0, 0.1) is 5.82 Å². The second kappa shape index (κ2) is 10.0. The van der Waals surface area contributed by atoms with Gasteiger partial charge < -0.3 is 4.90 Å². The lowest BCUT2D eigenvalue weighted by Crippen LogP contribution is -2.42. The molecule has 4 rings (SSSR count). The van der Waals surface area contributed by atoms with Crippen molar-refractivity contribution in [2.24, 2.45) is 0 Å². The second-order valence-corrected chi connectivity index (χ2v) is 9.15. The van der Waals surface area contributed by atoms with Crippen LogP contribution in [-0.2, 0) is 17.8 Å². The van der Waals surface area contributed by atoms with Gasteiger partial charge in [0.25, 0.3) is 0 Å². The van der Waals surface area contributed by atoms with Crippen LogP contribution in [-0.4, -0.2) is 41.9 Å². The van der Waals surface area contributed by atoms with Crippen LogP contribution in [0.1, 0.15) is 22.6 Å². The van der Waals surface area contributed by atoms with Crippen molar-refractivity contribution >= 4 is 29.1 Å². The molecule has 1 aliphatic rings. The molecule has 0 aliphatic carbocycles. The molecule has 1 heterocycles. The highest BCUT2D eigenvalue weighted by molar-refractivity contribution is 6.42. The summed E-state index contributed by atoms with van der Waals surface area (Å²) in [6.07, 6.45) is 0.236. The molecule has 0 bridgehead atoms. The van der Waals surface area contributed by atoms with E-state index < -0.39 is 0 Å². The molecule has 2 unspecified atom stereocenters. The van der Waals surface area contributed by atoms with Gasteiger partial charge in [-0.25, -0.2) is 4.39 Å². The van der Waals surface area contributed by atoms with Gasteiger partial charge in [-0.2, -0.15) is 0 Å². The zero-order valence-corrected chi connectivity index (χ0v) is 19.4. The average Bonchev–Trinajstić information content (AvgIpc) is 3.21. The first kappa shape index (κ1) is 22.8. The molecular formula is C26H25Cl2FN2O. The zero-order chi connectivity index (χ0) is 22.7. The highest BCUT2D eigenvalue weighted by Gasteiger charge is 2.38. The number of hydrogen-bond acceptors (Lipinski definition) is 2. The summed E-state index contributed by atoms with van der Waals surface area (Å²) in [5.74, 6) is -0.189. The van der Waals surface area contributed by atoms with Gasteiger partial charge in [0.1, 0.15) is 5.82 Å². The number of nitrogens with zero attached hydrogens (tertiary/aromatic N) is 2. The Morgan fingerprint density at radius 1 is 0.969 bits per heavy atom. The maximum atomic E-state index is 13.2. The first-order valence-corrected chi connectivity index (χ1v) is 11.4. The molecule has 0 saturated carbocycles. The van der Waals surface area contributed by atoms with Crippen LogP contribution in [0.25, 0.3) is 0 Å². The van der Waals surface area contributed by atoms with E-state index in [1.807, 2.05) is 48.3 Å². The summed E-state index contributed by atoms with van der Waals surface area (Å²) in [6.45, 7) is 2.38. The zero-order valence-electron chi connectivity index (χ0n) is 17.8. The normalized spacial score (nSPS) is 18.6. The van der Waals surface area contributed by atoms with E-state index in [2.05, 4.69) is 17.0 Å².